The van der Waals surface area contributed by atoms with Crippen molar-refractivity contribution < 1.29 is 18.7 Å². The maximum atomic E-state index is 13.0. The molecule has 0 spiro atoms. The molecule has 0 saturated carbocycles. The summed E-state index contributed by atoms with van der Waals surface area (Å²) < 4.78 is 25.8. The third-order valence-corrected chi connectivity index (χ3v) is 2.23. The molecule has 0 radical (unpaired) electrons. The van der Waals surface area contributed by atoms with Crippen LogP contribution >= 0.6 is 0 Å². The van der Waals surface area contributed by atoms with E-state index in [0.29, 0.717) is 11.1 Å². The first-order valence-corrected chi connectivity index (χ1v) is 4.72. The molecule has 0 saturated heterocycles. The smallest absolute Gasteiger partial charge is 0.354 e. The zero-order valence-electron chi connectivity index (χ0n) is 8.52. The van der Waals surface area contributed by atoms with Gasteiger partial charge in [0.2, 0.25) is 0 Å². The summed E-state index contributed by atoms with van der Waals surface area (Å²) in [6, 6.07) is 6.20. The van der Waals surface area contributed by atoms with Crippen molar-refractivity contribution >= 4 is 5.97 Å². The van der Waals surface area contributed by atoms with Gasteiger partial charge in [-0.2, -0.15) is 0 Å². The Hall–Kier alpha value is -2.30. The van der Waals surface area contributed by atoms with Gasteiger partial charge in [0.1, 0.15) is 5.69 Å². The van der Waals surface area contributed by atoms with Crippen LogP contribution < -0.4 is 0 Å². The molecule has 0 amide bonds. The molecule has 0 aliphatic carbocycles. The second kappa shape index (κ2) is 4.29. The molecule has 5 heteroatoms. The van der Waals surface area contributed by atoms with Crippen LogP contribution in [0.5, 0.6) is 0 Å². The highest BCUT2D eigenvalue weighted by Gasteiger charge is 2.08. The number of rotatable bonds is 2. The normalized spacial score (nSPS) is 10.2. The Balaban J connectivity index is 2.49. The first-order chi connectivity index (χ1) is 8.08. The maximum Gasteiger partial charge on any atom is 0.354 e. The van der Waals surface area contributed by atoms with Crippen molar-refractivity contribution in [3.8, 4) is 11.1 Å². The van der Waals surface area contributed by atoms with Gasteiger partial charge in [0, 0.05) is 6.20 Å². The highest BCUT2D eigenvalue weighted by Crippen LogP contribution is 2.21. The zero-order chi connectivity index (χ0) is 12.4. The number of pyridine rings is 1. The van der Waals surface area contributed by atoms with E-state index in [2.05, 4.69) is 4.98 Å². The molecule has 0 aliphatic heterocycles. The van der Waals surface area contributed by atoms with Crippen LogP contribution in [-0.4, -0.2) is 16.1 Å². The second-order valence-electron chi connectivity index (χ2n) is 3.36. The lowest BCUT2D eigenvalue weighted by Crippen LogP contribution is -1.99. The average Bonchev–Trinajstić information content (AvgIpc) is 2.33. The van der Waals surface area contributed by atoms with E-state index in [4.69, 9.17) is 5.11 Å². The number of carboxylic acids is 1. The topological polar surface area (TPSA) is 50.2 Å². The zero-order valence-corrected chi connectivity index (χ0v) is 8.52. The number of aromatic nitrogens is 1. The third kappa shape index (κ3) is 2.28. The number of halogens is 2. The number of benzene rings is 1. The maximum absolute atomic E-state index is 13.0. The molecule has 1 N–H and O–H groups in total. The molecule has 17 heavy (non-hydrogen) atoms. The van der Waals surface area contributed by atoms with Crippen molar-refractivity contribution in [3.63, 3.8) is 0 Å². The number of aromatic carboxylic acids is 1. The molecule has 1 heterocycles. The van der Waals surface area contributed by atoms with Crippen molar-refractivity contribution in [2.24, 2.45) is 0 Å². The Morgan fingerprint density at radius 1 is 1.06 bits per heavy atom. The predicted octanol–water partition coefficient (Wildman–Crippen LogP) is 2.73. The lowest BCUT2D eigenvalue weighted by Gasteiger charge is -2.03. The number of carboxylic acid groups (broad SMARTS) is 1. The van der Waals surface area contributed by atoms with E-state index in [1.165, 1.54) is 24.4 Å². The number of hydrogen-bond donors (Lipinski definition) is 1. The summed E-state index contributed by atoms with van der Waals surface area (Å²) in [5.74, 6) is -3.09. The van der Waals surface area contributed by atoms with E-state index < -0.39 is 17.6 Å². The fourth-order valence-electron chi connectivity index (χ4n) is 1.40. The molecule has 0 bridgehead atoms. The van der Waals surface area contributed by atoms with Crippen molar-refractivity contribution in [2.45, 2.75) is 0 Å². The summed E-state index contributed by atoms with van der Waals surface area (Å²) in [5.41, 5.74) is 0.720. The van der Waals surface area contributed by atoms with Gasteiger partial charge < -0.3 is 5.11 Å². The quantitative estimate of drug-likeness (QED) is 0.870. The summed E-state index contributed by atoms with van der Waals surface area (Å²) in [5, 5.41) is 8.76. The summed E-state index contributed by atoms with van der Waals surface area (Å²) in [6.45, 7) is 0. The van der Waals surface area contributed by atoms with E-state index >= 15 is 0 Å². The van der Waals surface area contributed by atoms with E-state index in [0.717, 1.165) is 12.1 Å². The highest BCUT2D eigenvalue weighted by molar-refractivity contribution is 5.87. The molecule has 0 atom stereocenters. The minimum Gasteiger partial charge on any atom is -0.477 e. The monoisotopic (exact) mass is 235 g/mol. The Morgan fingerprint density at radius 3 is 2.41 bits per heavy atom. The van der Waals surface area contributed by atoms with Gasteiger partial charge in [0.25, 0.3) is 0 Å². The predicted molar refractivity (Wildman–Crippen MR) is 56.5 cm³/mol. The summed E-state index contributed by atoms with van der Waals surface area (Å²) in [7, 11) is 0. The number of carbonyl (C=O) groups is 1. The number of nitrogens with zero attached hydrogens (tertiary/aromatic N) is 1. The lowest BCUT2D eigenvalue weighted by molar-refractivity contribution is 0.0690. The van der Waals surface area contributed by atoms with Crippen LogP contribution in [0, 0.1) is 11.6 Å². The van der Waals surface area contributed by atoms with E-state index in [9.17, 15) is 13.6 Å². The summed E-state index contributed by atoms with van der Waals surface area (Å²) in [6.07, 6.45) is 1.31. The molecule has 2 aromatic rings. The molecule has 0 aliphatic rings. The van der Waals surface area contributed by atoms with Crippen LogP contribution in [0.25, 0.3) is 11.1 Å². The van der Waals surface area contributed by atoms with Gasteiger partial charge in [0.05, 0.1) is 0 Å². The van der Waals surface area contributed by atoms with E-state index in [1.807, 2.05) is 0 Å². The van der Waals surface area contributed by atoms with Crippen molar-refractivity contribution in [3.05, 3.63) is 53.9 Å². The lowest BCUT2D eigenvalue weighted by atomic mass is 10.1. The Labute approximate surface area is 95.4 Å². The minimum atomic E-state index is -1.17. The summed E-state index contributed by atoms with van der Waals surface area (Å²) >= 11 is 0. The molecule has 2 rings (SSSR count). The second-order valence-corrected chi connectivity index (χ2v) is 3.36. The molecule has 0 fully saturated rings. The first-order valence-electron chi connectivity index (χ1n) is 4.72. The van der Waals surface area contributed by atoms with Gasteiger partial charge in [-0.15, -0.1) is 0 Å². The number of hydrogen-bond acceptors (Lipinski definition) is 2. The van der Waals surface area contributed by atoms with Gasteiger partial charge in [-0.05, 0) is 35.4 Å². The van der Waals surface area contributed by atoms with Gasteiger partial charge >= 0.3 is 5.97 Å². The average molecular weight is 235 g/mol. The molecule has 0 unspecified atom stereocenters. The molecular formula is C12H7F2NO2. The van der Waals surface area contributed by atoms with Gasteiger partial charge in [-0.1, -0.05) is 6.07 Å². The van der Waals surface area contributed by atoms with Crippen molar-refractivity contribution in [2.75, 3.05) is 0 Å². The van der Waals surface area contributed by atoms with Crippen LogP contribution in [0.15, 0.2) is 36.5 Å². The van der Waals surface area contributed by atoms with Crippen LogP contribution in [0.1, 0.15) is 10.5 Å². The highest BCUT2D eigenvalue weighted by atomic mass is 19.2. The SMILES string of the molecule is O=C(O)c1cc(-c2ccc(F)c(F)c2)ccn1. The Kier molecular flexibility index (Phi) is 2.82. The van der Waals surface area contributed by atoms with Crippen molar-refractivity contribution in [1.29, 1.82) is 0 Å². The van der Waals surface area contributed by atoms with Crippen LogP contribution in [0.3, 0.4) is 0 Å². The third-order valence-electron chi connectivity index (χ3n) is 2.23. The van der Waals surface area contributed by atoms with E-state index in [-0.39, 0.29) is 5.69 Å². The van der Waals surface area contributed by atoms with E-state index in [1.54, 1.807) is 0 Å². The standard InChI is InChI=1S/C12H7F2NO2/c13-9-2-1-7(5-10(9)14)8-3-4-15-11(6-8)12(16)17/h1-6H,(H,16,17). The summed E-state index contributed by atoms with van der Waals surface area (Å²) in [4.78, 5) is 14.3. The first kappa shape index (κ1) is 11.2. The van der Waals surface area contributed by atoms with Crippen LogP contribution in [-0.2, 0) is 0 Å². The molecule has 3 nitrogen and oxygen atoms in total. The van der Waals surface area contributed by atoms with Gasteiger partial charge in [0.15, 0.2) is 11.6 Å². The van der Waals surface area contributed by atoms with Crippen LogP contribution in [0.4, 0.5) is 8.78 Å². The molecule has 86 valence electrons. The van der Waals surface area contributed by atoms with Gasteiger partial charge in [-0.3, -0.25) is 0 Å². The Bertz CT molecular complexity index is 584. The Morgan fingerprint density at radius 2 is 1.76 bits per heavy atom. The van der Waals surface area contributed by atoms with Gasteiger partial charge in [-0.25, -0.2) is 18.6 Å². The minimum absolute atomic E-state index is 0.146. The molecular weight excluding hydrogens is 228 g/mol. The fraction of sp³-hybridized carbons (Fsp3) is 0. The van der Waals surface area contributed by atoms with Crippen LogP contribution in [0.2, 0.25) is 0 Å². The van der Waals surface area contributed by atoms with Crippen molar-refractivity contribution in [1.82, 2.24) is 4.98 Å². The fourth-order valence-corrected chi connectivity index (χ4v) is 1.40. The molecule has 1 aromatic heterocycles. The molecule has 1 aromatic carbocycles. The largest absolute Gasteiger partial charge is 0.477 e.